The topological polar surface area (TPSA) is 61.4 Å². The Hall–Kier alpha value is -2.47. The molecule has 3 rings (SSSR count). The molecule has 25 heavy (non-hydrogen) atoms. The van der Waals surface area contributed by atoms with Gasteiger partial charge in [-0.15, -0.1) is 0 Å². The first-order valence-corrected chi connectivity index (χ1v) is 8.80. The molecule has 0 bridgehead atoms. The number of likely N-dealkylation sites (N-methyl/N-ethyl adjacent to an activating group) is 1. The molecule has 1 aliphatic heterocycles. The summed E-state index contributed by atoms with van der Waals surface area (Å²) in [4.78, 5) is 25.1. The minimum absolute atomic E-state index is 0.0173. The zero-order valence-electron chi connectivity index (χ0n) is 14.7. The highest BCUT2D eigenvalue weighted by Crippen LogP contribution is 2.08. The molecule has 2 heterocycles. The molecule has 0 atom stereocenters. The number of anilines is 1. The van der Waals surface area contributed by atoms with E-state index < -0.39 is 0 Å². The maximum atomic E-state index is 12.4. The monoisotopic (exact) mass is 339 g/mol. The van der Waals surface area contributed by atoms with Crippen molar-refractivity contribution in [2.45, 2.75) is 12.8 Å². The van der Waals surface area contributed by atoms with Crippen LogP contribution in [0.3, 0.4) is 0 Å². The van der Waals surface area contributed by atoms with Gasteiger partial charge in [0.2, 0.25) is 5.95 Å². The highest BCUT2D eigenvalue weighted by atomic mass is 16.2. The molecule has 0 spiro atoms. The number of hydrogen-bond acceptors (Lipinski definition) is 5. The van der Waals surface area contributed by atoms with Gasteiger partial charge in [-0.2, -0.15) is 0 Å². The SMILES string of the molecule is CN1CCN(C(=O)c2cnc(NCCCc3ccccc3)nc2)CC1. The molecule has 1 aromatic carbocycles. The molecule has 132 valence electrons. The van der Waals surface area contributed by atoms with Crippen molar-refractivity contribution in [3.8, 4) is 0 Å². The molecular weight excluding hydrogens is 314 g/mol. The molecule has 0 saturated carbocycles. The van der Waals surface area contributed by atoms with Crippen LogP contribution in [0.2, 0.25) is 0 Å². The van der Waals surface area contributed by atoms with Crippen LogP contribution in [0.25, 0.3) is 0 Å². The van der Waals surface area contributed by atoms with E-state index in [1.54, 1.807) is 12.4 Å². The van der Waals surface area contributed by atoms with Gasteiger partial charge in [0.15, 0.2) is 0 Å². The number of aromatic nitrogens is 2. The first-order valence-electron chi connectivity index (χ1n) is 8.80. The summed E-state index contributed by atoms with van der Waals surface area (Å²) in [5.74, 6) is 0.590. The van der Waals surface area contributed by atoms with Crippen molar-refractivity contribution in [1.29, 1.82) is 0 Å². The molecule has 1 amide bonds. The third-order valence-corrected chi connectivity index (χ3v) is 4.46. The van der Waals surface area contributed by atoms with Crippen molar-refractivity contribution in [3.05, 3.63) is 53.9 Å². The minimum Gasteiger partial charge on any atom is -0.354 e. The number of piperazine rings is 1. The third-order valence-electron chi connectivity index (χ3n) is 4.46. The Morgan fingerprint density at radius 1 is 1.08 bits per heavy atom. The van der Waals surface area contributed by atoms with Gasteiger partial charge >= 0.3 is 0 Å². The Kier molecular flexibility index (Phi) is 5.95. The fourth-order valence-electron chi connectivity index (χ4n) is 2.86. The van der Waals surface area contributed by atoms with Crippen LogP contribution < -0.4 is 5.32 Å². The predicted octanol–water partition coefficient (Wildman–Crippen LogP) is 1.91. The summed E-state index contributed by atoms with van der Waals surface area (Å²) in [5, 5.41) is 3.21. The minimum atomic E-state index is 0.0173. The molecule has 1 aliphatic rings. The maximum absolute atomic E-state index is 12.4. The van der Waals surface area contributed by atoms with Crippen LogP contribution in [0.5, 0.6) is 0 Å². The summed E-state index contributed by atoms with van der Waals surface area (Å²) < 4.78 is 0. The quantitative estimate of drug-likeness (QED) is 0.815. The number of carbonyl (C=O) groups is 1. The Morgan fingerprint density at radius 3 is 2.44 bits per heavy atom. The van der Waals surface area contributed by atoms with Gasteiger partial charge in [0.25, 0.3) is 5.91 Å². The van der Waals surface area contributed by atoms with Gasteiger partial charge in [0.1, 0.15) is 0 Å². The van der Waals surface area contributed by atoms with Gasteiger partial charge in [-0.25, -0.2) is 9.97 Å². The number of nitrogens with zero attached hydrogens (tertiary/aromatic N) is 4. The largest absolute Gasteiger partial charge is 0.354 e. The van der Waals surface area contributed by atoms with Gasteiger partial charge in [-0.3, -0.25) is 4.79 Å². The number of aryl methyl sites for hydroxylation is 1. The number of carbonyl (C=O) groups excluding carboxylic acids is 1. The summed E-state index contributed by atoms with van der Waals surface area (Å²) in [6.07, 6.45) is 5.27. The molecule has 6 nitrogen and oxygen atoms in total. The molecular formula is C19H25N5O. The molecule has 0 radical (unpaired) electrons. The lowest BCUT2D eigenvalue weighted by atomic mass is 10.1. The maximum Gasteiger partial charge on any atom is 0.257 e. The van der Waals surface area contributed by atoms with Crippen LogP contribution in [0, 0.1) is 0 Å². The van der Waals surface area contributed by atoms with E-state index in [9.17, 15) is 4.79 Å². The van der Waals surface area contributed by atoms with E-state index in [1.807, 2.05) is 11.0 Å². The Balaban J connectivity index is 1.44. The molecule has 1 fully saturated rings. The summed E-state index contributed by atoms with van der Waals surface area (Å²) in [6.45, 7) is 4.14. The second kappa shape index (κ2) is 8.58. The van der Waals surface area contributed by atoms with E-state index in [4.69, 9.17) is 0 Å². The molecule has 1 N–H and O–H groups in total. The van der Waals surface area contributed by atoms with E-state index in [0.717, 1.165) is 45.6 Å². The van der Waals surface area contributed by atoms with Crippen molar-refractivity contribution in [3.63, 3.8) is 0 Å². The average Bonchev–Trinajstić information content (AvgIpc) is 2.67. The number of nitrogens with one attached hydrogen (secondary N) is 1. The zero-order valence-corrected chi connectivity index (χ0v) is 14.7. The van der Waals surface area contributed by atoms with Crippen LogP contribution in [-0.2, 0) is 6.42 Å². The van der Waals surface area contributed by atoms with Crippen LogP contribution in [-0.4, -0.2) is 65.4 Å². The predicted molar refractivity (Wildman–Crippen MR) is 98.7 cm³/mol. The van der Waals surface area contributed by atoms with Crippen molar-refractivity contribution >= 4 is 11.9 Å². The first kappa shape index (κ1) is 17.4. The second-order valence-corrected chi connectivity index (χ2v) is 6.41. The van der Waals surface area contributed by atoms with Gasteiger partial charge in [0.05, 0.1) is 5.56 Å². The fraction of sp³-hybridized carbons (Fsp3) is 0.421. The van der Waals surface area contributed by atoms with Gasteiger partial charge in [0, 0.05) is 45.1 Å². The summed E-state index contributed by atoms with van der Waals surface area (Å²) in [6, 6.07) is 10.4. The van der Waals surface area contributed by atoms with E-state index >= 15 is 0 Å². The zero-order chi connectivity index (χ0) is 17.5. The van der Waals surface area contributed by atoms with E-state index in [0.29, 0.717) is 11.5 Å². The molecule has 2 aromatic rings. The average molecular weight is 339 g/mol. The normalized spacial score (nSPS) is 15.2. The van der Waals surface area contributed by atoms with Crippen LogP contribution >= 0.6 is 0 Å². The fourth-order valence-corrected chi connectivity index (χ4v) is 2.86. The van der Waals surface area contributed by atoms with E-state index in [1.165, 1.54) is 5.56 Å². The molecule has 0 aliphatic carbocycles. The van der Waals surface area contributed by atoms with Gasteiger partial charge in [-0.1, -0.05) is 30.3 Å². The molecule has 0 unspecified atom stereocenters. The lowest BCUT2D eigenvalue weighted by molar-refractivity contribution is 0.0663. The van der Waals surface area contributed by atoms with E-state index in [2.05, 4.69) is 51.5 Å². The van der Waals surface area contributed by atoms with Crippen molar-refractivity contribution in [2.75, 3.05) is 45.1 Å². The highest BCUT2D eigenvalue weighted by Gasteiger charge is 2.20. The molecule has 1 saturated heterocycles. The van der Waals surface area contributed by atoms with Gasteiger partial charge in [-0.05, 0) is 25.5 Å². The Bertz CT molecular complexity index is 666. The number of benzene rings is 1. The van der Waals surface area contributed by atoms with Crippen LogP contribution in [0.4, 0.5) is 5.95 Å². The third kappa shape index (κ3) is 5.00. The Labute approximate surface area is 148 Å². The lowest BCUT2D eigenvalue weighted by Crippen LogP contribution is -2.47. The Morgan fingerprint density at radius 2 is 1.76 bits per heavy atom. The van der Waals surface area contributed by atoms with Crippen molar-refractivity contribution in [2.24, 2.45) is 0 Å². The van der Waals surface area contributed by atoms with Crippen molar-refractivity contribution in [1.82, 2.24) is 19.8 Å². The lowest BCUT2D eigenvalue weighted by Gasteiger charge is -2.32. The van der Waals surface area contributed by atoms with E-state index in [-0.39, 0.29) is 5.91 Å². The summed E-state index contributed by atoms with van der Waals surface area (Å²) in [7, 11) is 2.07. The number of rotatable bonds is 6. The summed E-state index contributed by atoms with van der Waals surface area (Å²) >= 11 is 0. The van der Waals surface area contributed by atoms with Crippen LogP contribution in [0.15, 0.2) is 42.7 Å². The number of hydrogen-bond donors (Lipinski definition) is 1. The first-order chi connectivity index (χ1) is 12.2. The smallest absolute Gasteiger partial charge is 0.257 e. The second-order valence-electron chi connectivity index (χ2n) is 6.41. The highest BCUT2D eigenvalue weighted by molar-refractivity contribution is 5.93. The van der Waals surface area contributed by atoms with Crippen LogP contribution in [0.1, 0.15) is 22.3 Å². The molecule has 6 heteroatoms. The molecule has 1 aromatic heterocycles. The summed E-state index contributed by atoms with van der Waals surface area (Å²) in [5.41, 5.74) is 1.89. The van der Waals surface area contributed by atoms with Gasteiger partial charge < -0.3 is 15.1 Å². The number of amides is 1. The standard InChI is InChI=1S/C19H25N5O/c1-23-10-12-24(13-11-23)18(25)17-14-21-19(22-15-17)20-9-5-8-16-6-3-2-4-7-16/h2-4,6-7,14-15H,5,8-13H2,1H3,(H,20,21,22). The van der Waals surface area contributed by atoms with Crippen molar-refractivity contribution < 1.29 is 4.79 Å².